The Bertz CT molecular complexity index is 781. The normalized spacial score (nSPS) is 10.4. The number of amides is 1. The van der Waals surface area contributed by atoms with Gasteiger partial charge in [-0.25, -0.2) is 4.98 Å². The molecule has 0 bridgehead atoms. The van der Waals surface area contributed by atoms with Gasteiger partial charge >= 0.3 is 0 Å². The average Bonchev–Trinajstić information content (AvgIpc) is 3.01. The van der Waals surface area contributed by atoms with Crippen LogP contribution in [0.5, 0.6) is 11.5 Å². The zero-order chi connectivity index (χ0) is 15.4. The standard InChI is InChI=1S/C16H15N3O3/c1-21-12-3-5-13(6-4-12)22-9-16(20)19-11-2-7-14-15(8-11)18-10-17-14/h2-8,10H,9H2,1H3,(H,17,18)(H,19,20). The monoisotopic (exact) mass is 297 g/mol. The summed E-state index contributed by atoms with van der Waals surface area (Å²) in [4.78, 5) is 19.0. The van der Waals surface area contributed by atoms with Gasteiger partial charge in [0.25, 0.3) is 5.91 Å². The highest BCUT2D eigenvalue weighted by Gasteiger charge is 2.05. The van der Waals surface area contributed by atoms with Crippen LogP contribution in [0.3, 0.4) is 0 Å². The molecule has 6 nitrogen and oxygen atoms in total. The fourth-order valence-electron chi connectivity index (χ4n) is 2.03. The number of aromatic nitrogens is 2. The van der Waals surface area contributed by atoms with Crippen LogP contribution in [0, 0.1) is 0 Å². The fraction of sp³-hybridized carbons (Fsp3) is 0.125. The van der Waals surface area contributed by atoms with Gasteiger partial charge in [-0.15, -0.1) is 0 Å². The van der Waals surface area contributed by atoms with Crippen molar-refractivity contribution < 1.29 is 14.3 Å². The van der Waals surface area contributed by atoms with Crippen molar-refractivity contribution >= 4 is 22.6 Å². The molecule has 0 fully saturated rings. The molecular weight excluding hydrogens is 282 g/mol. The summed E-state index contributed by atoms with van der Waals surface area (Å²) in [5.74, 6) is 1.12. The van der Waals surface area contributed by atoms with Gasteiger partial charge in [-0.05, 0) is 42.5 Å². The maximum atomic E-state index is 11.9. The molecule has 0 unspecified atom stereocenters. The smallest absolute Gasteiger partial charge is 0.262 e. The van der Waals surface area contributed by atoms with Crippen LogP contribution in [-0.2, 0) is 4.79 Å². The number of hydrogen-bond donors (Lipinski definition) is 2. The van der Waals surface area contributed by atoms with E-state index in [1.807, 2.05) is 12.1 Å². The Kier molecular flexibility index (Phi) is 3.91. The van der Waals surface area contributed by atoms with Crippen molar-refractivity contribution in [2.24, 2.45) is 0 Å². The van der Waals surface area contributed by atoms with Crippen molar-refractivity contribution in [3.05, 3.63) is 48.8 Å². The number of fused-ring (bicyclic) bond motifs is 1. The Morgan fingerprint density at radius 2 is 1.95 bits per heavy atom. The molecular formula is C16H15N3O3. The van der Waals surface area contributed by atoms with Crippen LogP contribution in [0.15, 0.2) is 48.8 Å². The van der Waals surface area contributed by atoms with Gasteiger partial charge < -0.3 is 19.8 Å². The van der Waals surface area contributed by atoms with E-state index < -0.39 is 0 Å². The van der Waals surface area contributed by atoms with Gasteiger partial charge in [-0.2, -0.15) is 0 Å². The fourth-order valence-corrected chi connectivity index (χ4v) is 2.03. The maximum absolute atomic E-state index is 11.9. The Morgan fingerprint density at radius 1 is 1.18 bits per heavy atom. The number of methoxy groups -OCH3 is 1. The molecule has 0 atom stereocenters. The lowest BCUT2D eigenvalue weighted by molar-refractivity contribution is -0.118. The van der Waals surface area contributed by atoms with Crippen LogP contribution in [0.2, 0.25) is 0 Å². The van der Waals surface area contributed by atoms with Gasteiger partial charge in [-0.3, -0.25) is 4.79 Å². The van der Waals surface area contributed by atoms with Crippen LogP contribution in [-0.4, -0.2) is 29.6 Å². The lowest BCUT2D eigenvalue weighted by atomic mass is 10.3. The van der Waals surface area contributed by atoms with Gasteiger partial charge in [0.1, 0.15) is 11.5 Å². The van der Waals surface area contributed by atoms with Crippen molar-refractivity contribution in [2.45, 2.75) is 0 Å². The first-order valence-electron chi connectivity index (χ1n) is 6.74. The minimum atomic E-state index is -0.227. The maximum Gasteiger partial charge on any atom is 0.262 e. The number of hydrogen-bond acceptors (Lipinski definition) is 4. The number of carbonyl (C=O) groups is 1. The van der Waals surface area contributed by atoms with Gasteiger partial charge in [-0.1, -0.05) is 0 Å². The average molecular weight is 297 g/mol. The Labute approximate surface area is 127 Å². The van der Waals surface area contributed by atoms with Crippen molar-refractivity contribution in [1.82, 2.24) is 9.97 Å². The quantitative estimate of drug-likeness (QED) is 0.759. The summed E-state index contributed by atoms with van der Waals surface area (Å²) in [6.45, 7) is -0.0622. The zero-order valence-corrected chi connectivity index (χ0v) is 12.0. The Morgan fingerprint density at radius 3 is 2.73 bits per heavy atom. The van der Waals surface area contributed by atoms with Gasteiger partial charge in [0.05, 0.1) is 24.5 Å². The summed E-state index contributed by atoms with van der Waals surface area (Å²) in [5.41, 5.74) is 2.42. The van der Waals surface area contributed by atoms with Crippen molar-refractivity contribution in [3.8, 4) is 11.5 Å². The summed E-state index contributed by atoms with van der Waals surface area (Å²) in [6.07, 6.45) is 1.61. The molecule has 0 saturated carbocycles. The lowest BCUT2D eigenvalue weighted by Gasteiger charge is -2.08. The molecule has 0 aliphatic rings. The van der Waals surface area contributed by atoms with Crippen molar-refractivity contribution in [1.29, 1.82) is 0 Å². The Hall–Kier alpha value is -3.02. The number of anilines is 1. The minimum absolute atomic E-state index is 0.0622. The van der Waals surface area contributed by atoms with E-state index in [9.17, 15) is 4.79 Å². The van der Waals surface area contributed by atoms with E-state index in [2.05, 4.69) is 15.3 Å². The summed E-state index contributed by atoms with van der Waals surface area (Å²) in [6, 6.07) is 12.5. The Balaban J connectivity index is 1.57. The van der Waals surface area contributed by atoms with E-state index in [-0.39, 0.29) is 12.5 Å². The molecule has 22 heavy (non-hydrogen) atoms. The number of nitrogens with zero attached hydrogens (tertiary/aromatic N) is 1. The zero-order valence-electron chi connectivity index (χ0n) is 12.0. The van der Waals surface area contributed by atoms with Crippen molar-refractivity contribution in [2.75, 3.05) is 19.0 Å². The van der Waals surface area contributed by atoms with Crippen LogP contribution in [0.25, 0.3) is 11.0 Å². The first kappa shape index (κ1) is 13.9. The minimum Gasteiger partial charge on any atom is -0.497 e. The molecule has 112 valence electrons. The highest BCUT2D eigenvalue weighted by Crippen LogP contribution is 2.18. The van der Waals surface area contributed by atoms with Gasteiger partial charge in [0.2, 0.25) is 0 Å². The molecule has 2 N–H and O–H groups in total. The van der Waals surface area contributed by atoms with E-state index >= 15 is 0 Å². The predicted molar refractivity (Wildman–Crippen MR) is 83.2 cm³/mol. The van der Waals surface area contributed by atoms with Gasteiger partial charge in [0.15, 0.2) is 6.61 Å². The third-order valence-corrected chi connectivity index (χ3v) is 3.13. The second kappa shape index (κ2) is 6.17. The topological polar surface area (TPSA) is 76.2 Å². The summed E-state index contributed by atoms with van der Waals surface area (Å²) in [5, 5.41) is 2.78. The summed E-state index contributed by atoms with van der Waals surface area (Å²) >= 11 is 0. The highest BCUT2D eigenvalue weighted by atomic mass is 16.5. The van der Waals surface area contributed by atoms with E-state index in [0.717, 1.165) is 16.8 Å². The SMILES string of the molecule is COc1ccc(OCC(=O)Nc2ccc3nc[nH]c3c2)cc1. The number of H-pyrrole nitrogens is 1. The van der Waals surface area contributed by atoms with E-state index in [1.54, 1.807) is 43.8 Å². The summed E-state index contributed by atoms with van der Waals surface area (Å²) in [7, 11) is 1.60. The molecule has 1 aromatic heterocycles. The first-order valence-corrected chi connectivity index (χ1v) is 6.74. The molecule has 0 aliphatic heterocycles. The predicted octanol–water partition coefficient (Wildman–Crippen LogP) is 2.59. The van der Waals surface area contributed by atoms with Crippen LogP contribution in [0.4, 0.5) is 5.69 Å². The third kappa shape index (κ3) is 3.17. The molecule has 6 heteroatoms. The largest absolute Gasteiger partial charge is 0.497 e. The second-order valence-electron chi connectivity index (χ2n) is 4.65. The number of rotatable bonds is 5. The van der Waals surface area contributed by atoms with E-state index in [1.165, 1.54) is 0 Å². The lowest BCUT2D eigenvalue weighted by Crippen LogP contribution is -2.20. The molecule has 0 aliphatic carbocycles. The molecule has 0 radical (unpaired) electrons. The third-order valence-electron chi connectivity index (χ3n) is 3.13. The second-order valence-corrected chi connectivity index (χ2v) is 4.65. The molecule has 0 saturated heterocycles. The number of benzene rings is 2. The molecule has 1 amide bonds. The molecule has 3 rings (SSSR count). The van der Waals surface area contributed by atoms with E-state index in [4.69, 9.17) is 9.47 Å². The molecule has 0 spiro atoms. The van der Waals surface area contributed by atoms with Crippen LogP contribution >= 0.6 is 0 Å². The number of nitrogens with one attached hydrogen (secondary N) is 2. The van der Waals surface area contributed by atoms with Crippen LogP contribution < -0.4 is 14.8 Å². The van der Waals surface area contributed by atoms with E-state index in [0.29, 0.717) is 11.4 Å². The van der Waals surface area contributed by atoms with Crippen molar-refractivity contribution in [3.63, 3.8) is 0 Å². The number of imidazole rings is 1. The number of carbonyl (C=O) groups excluding carboxylic acids is 1. The highest BCUT2D eigenvalue weighted by molar-refractivity contribution is 5.93. The number of ether oxygens (including phenoxy) is 2. The number of aromatic amines is 1. The van der Waals surface area contributed by atoms with Crippen LogP contribution in [0.1, 0.15) is 0 Å². The first-order chi connectivity index (χ1) is 10.7. The molecule has 1 heterocycles. The molecule has 3 aromatic rings. The molecule has 2 aromatic carbocycles. The van der Waals surface area contributed by atoms with Gasteiger partial charge in [0, 0.05) is 5.69 Å². The summed E-state index contributed by atoms with van der Waals surface area (Å²) < 4.78 is 10.5.